The van der Waals surface area contributed by atoms with Crippen LogP contribution >= 0.6 is 0 Å². The van der Waals surface area contributed by atoms with Gasteiger partial charge in [-0.25, -0.2) is 4.79 Å². The van der Waals surface area contributed by atoms with Crippen molar-refractivity contribution < 1.29 is 24.2 Å². The molecule has 1 aliphatic heterocycles. The first-order valence-corrected chi connectivity index (χ1v) is 10.0. The lowest BCUT2D eigenvalue weighted by Crippen LogP contribution is -2.44. The molecule has 1 saturated heterocycles. The van der Waals surface area contributed by atoms with Gasteiger partial charge in [0, 0.05) is 31.4 Å². The van der Waals surface area contributed by atoms with E-state index in [1.165, 1.54) is 11.1 Å². The molecule has 2 amide bonds. The van der Waals surface area contributed by atoms with Crippen LogP contribution in [-0.2, 0) is 14.3 Å². The Morgan fingerprint density at radius 1 is 1.34 bits per heavy atom. The van der Waals surface area contributed by atoms with Gasteiger partial charge in [-0.1, -0.05) is 30.3 Å². The van der Waals surface area contributed by atoms with Gasteiger partial charge in [0.2, 0.25) is 5.91 Å². The molecule has 5 N–H and O–H groups in total. The van der Waals surface area contributed by atoms with E-state index in [9.17, 15) is 19.5 Å². The predicted molar refractivity (Wildman–Crippen MR) is 115 cm³/mol. The molecule has 1 aromatic carbocycles. The Hall–Kier alpha value is -3.95. The molecule has 10 nitrogen and oxygen atoms in total. The topological polar surface area (TPSA) is 159 Å². The van der Waals surface area contributed by atoms with Crippen molar-refractivity contribution in [3.8, 4) is 0 Å². The molecule has 0 spiro atoms. The number of carbonyl (C=O) groups excluding carboxylic acids is 2. The molecule has 1 aromatic heterocycles. The van der Waals surface area contributed by atoms with Crippen LogP contribution < -0.4 is 11.1 Å². The van der Waals surface area contributed by atoms with Gasteiger partial charge in [0.25, 0.3) is 0 Å². The van der Waals surface area contributed by atoms with E-state index >= 15 is 0 Å². The fraction of sp³-hybridized carbons (Fsp3) is 0.318. The maximum atomic E-state index is 12.7. The number of hydrogen-bond acceptors (Lipinski definition) is 6. The normalized spacial score (nSPS) is 19.0. The highest BCUT2D eigenvalue weighted by Gasteiger charge is 2.35. The first-order valence-electron chi connectivity index (χ1n) is 10.0. The molecule has 1 fully saturated rings. The van der Waals surface area contributed by atoms with E-state index in [4.69, 9.17) is 15.9 Å². The molecule has 0 aliphatic carbocycles. The summed E-state index contributed by atoms with van der Waals surface area (Å²) < 4.78 is 5.39. The van der Waals surface area contributed by atoms with Crippen LogP contribution in [-0.4, -0.2) is 51.9 Å². The van der Waals surface area contributed by atoms with Crippen LogP contribution in [0.1, 0.15) is 48.0 Å². The highest BCUT2D eigenvalue weighted by atomic mass is 16.6. The number of nitrogens with zero attached hydrogens (tertiary/aromatic N) is 2. The lowest BCUT2D eigenvalue weighted by Gasteiger charge is -2.37. The van der Waals surface area contributed by atoms with Gasteiger partial charge < -0.3 is 25.8 Å². The SMILES string of the molecule is CN1C(=O)O[C@@H](CC(=O)N[C@H](CC(=O)O)c2cccnc2)C[C@H]1c1ccc(C(=N)N)cc1. The van der Waals surface area contributed by atoms with Crippen molar-refractivity contribution in [2.45, 2.75) is 37.5 Å². The number of nitrogen functional groups attached to an aromatic ring is 1. The Kier molecular flexibility index (Phi) is 7.04. The van der Waals surface area contributed by atoms with Crippen LogP contribution in [0.4, 0.5) is 4.79 Å². The molecule has 10 heteroatoms. The van der Waals surface area contributed by atoms with Crippen LogP contribution in [0.5, 0.6) is 0 Å². The largest absolute Gasteiger partial charge is 0.481 e. The van der Waals surface area contributed by atoms with Gasteiger partial charge in [0.05, 0.1) is 24.9 Å². The van der Waals surface area contributed by atoms with Gasteiger partial charge in [-0.2, -0.15) is 0 Å². The molecular weight excluding hydrogens is 414 g/mol. The minimum Gasteiger partial charge on any atom is -0.481 e. The number of benzene rings is 1. The fourth-order valence-corrected chi connectivity index (χ4v) is 3.65. The van der Waals surface area contributed by atoms with Crippen molar-refractivity contribution in [2.75, 3.05) is 7.05 Å². The number of carboxylic acids is 1. The zero-order valence-corrected chi connectivity index (χ0v) is 17.5. The molecule has 2 aromatic rings. The third-order valence-electron chi connectivity index (χ3n) is 5.33. The highest BCUT2D eigenvalue weighted by molar-refractivity contribution is 5.94. The van der Waals surface area contributed by atoms with E-state index in [1.807, 2.05) is 0 Å². The number of pyridine rings is 1. The van der Waals surface area contributed by atoms with E-state index in [0.29, 0.717) is 17.5 Å². The molecule has 32 heavy (non-hydrogen) atoms. The second-order valence-electron chi connectivity index (χ2n) is 7.61. The summed E-state index contributed by atoms with van der Waals surface area (Å²) in [5, 5.41) is 19.4. The van der Waals surface area contributed by atoms with Crippen molar-refractivity contribution in [3.05, 3.63) is 65.5 Å². The van der Waals surface area contributed by atoms with E-state index in [-0.39, 0.29) is 24.7 Å². The Labute approximate surface area is 184 Å². The van der Waals surface area contributed by atoms with E-state index < -0.39 is 30.1 Å². The van der Waals surface area contributed by atoms with Crippen LogP contribution in [0.25, 0.3) is 0 Å². The maximum absolute atomic E-state index is 12.7. The number of rotatable bonds is 8. The van der Waals surface area contributed by atoms with Gasteiger partial charge in [-0.3, -0.25) is 20.0 Å². The van der Waals surface area contributed by atoms with E-state index in [2.05, 4.69) is 10.3 Å². The number of hydrogen-bond donors (Lipinski definition) is 4. The molecule has 0 bridgehead atoms. The zero-order valence-electron chi connectivity index (χ0n) is 17.5. The van der Waals surface area contributed by atoms with E-state index in [1.54, 1.807) is 49.6 Å². The summed E-state index contributed by atoms with van der Waals surface area (Å²) >= 11 is 0. The van der Waals surface area contributed by atoms with Crippen molar-refractivity contribution in [2.24, 2.45) is 5.73 Å². The Balaban J connectivity index is 1.69. The van der Waals surface area contributed by atoms with Crippen molar-refractivity contribution in [1.82, 2.24) is 15.2 Å². The zero-order chi connectivity index (χ0) is 23.3. The molecule has 3 rings (SSSR count). The molecule has 2 heterocycles. The van der Waals surface area contributed by atoms with Crippen molar-refractivity contribution in [1.29, 1.82) is 5.41 Å². The molecule has 0 unspecified atom stereocenters. The summed E-state index contributed by atoms with van der Waals surface area (Å²) in [5.74, 6) is -1.53. The first-order chi connectivity index (χ1) is 15.2. The monoisotopic (exact) mass is 439 g/mol. The third kappa shape index (κ3) is 5.60. The standard InChI is InChI=1S/C22H25N5O5/c1-27-18(13-4-6-14(7-5-13)21(23)24)9-16(32-22(27)31)10-19(28)26-17(11-20(29)30)15-3-2-8-25-12-15/h2-8,12,16-18H,9-11H2,1H3,(H3,23,24)(H,26,28)(H,29,30)/t16-,17-,18+/m1/s1. The predicted octanol–water partition coefficient (Wildman–Crippen LogP) is 1.97. The molecule has 0 saturated carbocycles. The number of aromatic nitrogens is 1. The fourth-order valence-electron chi connectivity index (χ4n) is 3.65. The van der Waals surface area contributed by atoms with Gasteiger partial charge in [-0.05, 0) is 17.2 Å². The first kappa shape index (κ1) is 22.7. The molecular formula is C22H25N5O5. The van der Waals surface area contributed by atoms with Crippen LogP contribution in [0.3, 0.4) is 0 Å². The number of aliphatic carboxylic acids is 1. The van der Waals surface area contributed by atoms with Gasteiger partial charge in [0.15, 0.2) is 0 Å². The van der Waals surface area contributed by atoms with Crippen LogP contribution in [0, 0.1) is 5.41 Å². The average Bonchev–Trinajstić information content (AvgIpc) is 2.76. The minimum atomic E-state index is -1.06. The summed E-state index contributed by atoms with van der Waals surface area (Å²) in [7, 11) is 1.62. The Bertz CT molecular complexity index is 996. The van der Waals surface area contributed by atoms with Gasteiger partial charge in [-0.15, -0.1) is 0 Å². The molecule has 1 aliphatic rings. The Morgan fingerprint density at radius 2 is 2.06 bits per heavy atom. The number of cyclic esters (lactones) is 1. The van der Waals surface area contributed by atoms with Crippen LogP contribution in [0.2, 0.25) is 0 Å². The lowest BCUT2D eigenvalue weighted by molar-refractivity contribution is -0.137. The van der Waals surface area contributed by atoms with Crippen molar-refractivity contribution >= 4 is 23.8 Å². The number of carbonyl (C=O) groups is 3. The summed E-state index contributed by atoms with van der Waals surface area (Å²) in [6.45, 7) is 0. The van der Waals surface area contributed by atoms with E-state index in [0.717, 1.165) is 5.56 Å². The van der Waals surface area contributed by atoms with Gasteiger partial charge in [0.1, 0.15) is 11.9 Å². The summed E-state index contributed by atoms with van der Waals surface area (Å²) in [6.07, 6.45) is 1.83. The number of carboxylic acid groups (broad SMARTS) is 1. The quantitative estimate of drug-likeness (QED) is 0.361. The molecule has 0 radical (unpaired) electrons. The highest BCUT2D eigenvalue weighted by Crippen LogP contribution is 2.32. The second-order valence-corrected chi connectivity index (χ2v) is 7.61. The second kappa shape index (κ2) is 9.90. The van der Waals surface area contributed by atoms with Crippen molar-refractivity contribution in [3.63, 3.8) is 0 Å². The number of nitrogens with two attached hydrogens (primary N) is 1. The molecule has 3 atom stereocenters. The average molecular weight is 439 g/mol. The smallest absolute Gasteiger partial charge is 0.410 e. The summed E-state index contributed by atoms with van der Waals surface area (Å²) in [4.78, 5) is 41.7. The van der Waals surface area contributed by atoms with Gasteiger partial charge >= 0.3 is 12.1 Å². The summed E-state index contributed by atoms with van der Waals surface area (Å²) in [5.41, 5.74) is 7.48. The number of amidine groups is 1. The maximum Gasteiger partial charge on any atom is 0.410 e. The number of nitrogens with one attached hydrogen (secondary N) is 2. The van der Waals surface area contributed by atoms with Crippen LogP contribution in [0.15, 0.2) is 48.8 Å². The lowest BCUT2D eigenvalue weighted by atomic mass is 9.95. The third-order valence-corrected chi connectivity index (χ3v) is 5.33. The molecule has 168 valence electrons. The number of amides is 2. The number of ether oxygens (including phenoxy) is 1. The Morgan fingerprint density at radius 3 is 2.66 bits per heavy atom. The summed E-state index contributed by atoms with van der Waals surface area (Å²) in [6, 6.07) is 9.29. The minimum absolute atomic E-state index is 0.0490.